The van der Waals surface area contributed by atoms with Crippen LogP contribution in [-0.2, 0) is 4.79 Å². The van der Waals surface area contributed by atoms with Gasteiger partial charge < -0.3 is 15.5 Å². The number of nitrogens with one attached hydrogen (secondary N) is 2. The number of hydrogen-bond acceptors (Lipinski definition) is 5. The van der Waals surface area contributed by atoms with Gasteiger partial charge in [0.1, 0.15) is 17.5 Å². The smallest absolute Gasteiger partial charge is 0.224 e. The van der Waals surface area contributed by atoms with Gasteiger partial charge in [0.15, 0.2) is 0 Å². The average molecular weight is 355 g/mol. The van der Waals surface area contributed by atoms with E-state index in [1.807, 2.05) is 37.3 Å². The van der Waals surface area contributed by atoms with Gasteiger partial charge in [0.25, 0.3) is 0 Å². The average Bonchev–Trinajstić information content (AvgIpc) is 2.62. The van der Waals surface area contributed by atoms with Crippen molar-refractivity contribution in [3.05, 3.63) is 36.2 Å². The van der Waals surface area contributed by atoms with Crippen molar-refractivity contribution in [1.29, 1.82) is 0 Å². The van der Waals surface area contributed by atoms with Gasteiger partial charge in [-0.25, -0.2) is 9.97 Å². The summed E-state index contributed by atoms with van der Waals surface area (Å²) in [5.74, 6) is 2.48. The van der Waals surface area contributed by atoms with Crippen LogP contribution in [0.1, 0.15) is 45.9 Å². The molecule has 2 aromatic rings. The van der Waals surface area contributed by atoms with E-state index >= 15 is 0 Å². The summed E-state index contributed by atoms with van der Waals surface area (Å²) < 4.78 is 0. The van der Waals surface area contributed by atoms with E-state index in [2.05, 4.69) is 46.3 Å². The second-order valence-electron chi connectivity index (χ2n) is 6.18. The van der Waals surface area contributed by atoms with Crippen LogP contribution in [0.2, 0.25) is 0 Å². The predicted octanol–water partition coefficient (Wildman–Crippen LogP) is 4.50. The highest BCUT2D eigenvalue weighted by Crippen LogP contribution is 2.21. The zero-order valence-corrected chi connectivity index (χ0v) is 16.2. The maximum absolute atomic E-state index is 11.8. The van der Waals surface area contributed by atoms with E-state index in [0.29, 0.717) is 6.42 Å². The van der Waals surface area contributed by atoms with Gasteiger partial charge in [-0.15, -0.1) is 0 Å². The van der Waals surface area contributed by atoms with Crippen LogP contribution >= 0.6 is 0 Å². The van der Waals surface area contributed by atoms with Crippen molar-refractivity contribution in [2.45, 2.75) is 47.0 Å². The molecule has 2 N–H and O–H groups in total. The number of benzene rings is 1. The molecule has 1 amide bonds. The van der Waals surface area contributed by atoms with Crippen LogP contribution in [0.5, 0.6) is 0 Å². The lowest BCUT2D eigenvalue weighted by atomic mass is 10.2. The molecule has 0 spiro atoms. The first kappa shape index (κ1) is 19.7. The lowest BCUT2D eigenvalue weighted by Gasteiger charge is -2.20. The van der Waals surface area contributed by atoms with Crippen LogP contribution in [-0.4, -0.2) is 29.0 Å². The Bertz CT molecular complexity index is 711. The van der Waals surface area contributed by atoms with E-state index in [1.54, 1.807) is 0 Å². The van der Waals surface area contributed by atoms with E-state index in [1.165, 1.54) is 0 Å². The van der Waals surface area contributed by atoms with Gasteiger partial charge in [-0.3, -0.25) is 4.79 Å². The maximum Gasteiger partial charge on any atom is 0.224 e. The second-order valence-corrected chi connectivity index (χ2v) is 6.18. The SMILES string of the molecule is CCCCC(=O)Nc1ccc(Nc2cc(N(CC)CC)nc(C)n2)cc1. The molecule has 140 valence electrons. The molecule has 0 fully saturated rings. The third-order valence-electron chi connectivity index (χ3n) is 4.11. The number of carbonyl (C=O) groups excluding carboxylic acids is 1. The van der Waals surface area contributed by atoms with Gasteiger partial charge >= 0.3 is 0 Å². The van der Waals surface area contributed by atoms with Gasteiger partial charge in [-0.2, -0.15) is 0 Å². The van der Waals surface area contributed by atoms with E-state index in [4.69, 9.17) is 0 Å². The molecule has 0 aliphatic heterocycles. The quantitative estimate of drug-likeness (QED) is 0.693. The minimum atomic E-state index is 0.0582. The molecule has 1 aromatic heterocycles. The first-order valence-electron chi connectivity index (χ1n) is 9.33. The second kappa shape index (κ2) is 9.75. The monoisotopic (exact) mass is 355 g/mol. The van der Waals surface area contributed by atoms with Crippen molar-refractivity contribution in [3.8, 4) is 0 Å². The fraction of sp³-hybridized carbons (Fsp3) is 0.450. The van der Waals surface area contributed by atoms with Gasteiger partial charge in [0.2, 0.25) is 5.91 Å². The lowest BCUT2D eigenvalue weighted by molar-refractivity contribution is -0.116. The minimum absolute atomic E-state index is 0.0582. The Hall–Kier alpha value is -2.63. The summed E-state index contributed by atoms with van der Waals surface area (Å²) in [7, 11) is 0. The molecule has 0 aliphatic rings. The molecule has 6 heteroatoms. The normalized spacial score (nSPS) is 10.5. The molecule has 0 unspecified atom stereocenters. The summed E-state index contributed by atoms with van der Waals surface area (Å²) in [6.07, 6.45) is 2.49. The molecule has 1 heterocycles. The molecule has 0 atom stereocenters. The zero-order chi connectivity index (χ0) is 18.9. The fourth-order valence-electron chi connectivity index (χ4n) is 2.67. The van der Waals surface area contributed by atoms with Crippen molar-refractivity contribution in [2.75, 3.05) is 28.6 Å². The first-order valence-corrected chi connectivity index (χ1v) is 9.33. The number of amides is 1. The van der Waals surface area contributed by atoms with Crippen molar-refractivity contribution in [3.63, 3.8) is 0 Å². The molecule has 1 aromatic carbocycles. The topological polar surface area (TPSA) is 70.2 Å². The summed E-state index contributed by atoms with van der Waals surface area (Å²) in [6.45, 7) is 10.0. The molecule has 26 heavy (non-hydrogen) atoms. The predicted molar refractivity (Wildman–Crippen MR) is 108 cm³/mol. The molecule has 0 saturated heterocycles. The third-order valence-corrected chi connectivity index (χ3v) is 4.11. The van der Waals surface area contributed by atoms with E-state index in [0.717, 1.165) is 54.8 Å². The number of aryl methyl sites for hydroxylation is 1. The highest BCUT2D eigenvalue weighted by Gasteiger charge is 2.08. The number of nitrogens with zero attached hydrogens (tertiary/aromatic N) is 3. The van der Waals surface area contributed by atoms with E-state index < -0.39 is 0 Å². The van der Waals surface area contributed by atoms with Gasteiger partial charge in [-0.05, 0) is 51.5 Å². The largest absolute Gasteiger partial charge is 0.357 e. The first-order chi connectivity index (χ1) is 12.5. The molecule has 0 saturated carbocycles. The van der Waals surface area contributed by atoms with Crippen LogP contribution in [0.15, 0.2) is 30.3 Å². The Labute approximate surface area is 156 Å². The summed E-state index contributed by atoms with van der Waals surface area (Å²) in [6, 6.07) is 9.62. The van der Waals surface area contributed by atoms with Crippen LogP contribution in [0.25, 0.3) is 0 Å². The molecule has 0 bridgehead atoms. The number of aromatic nitrogens is 2. The molecule has 6 nitrogen and oxygen atoms in total. The Morgan fingerprint density at radius 3 is 2.31 bits per heavy atom. The minimum Gasteiger partial charge on any atom is -0.357 e. The number of unbranched alkanes of at least 4 members (excludes halogenated alkanes) is 1. The Morgan fingerprint density at radius 2 is 1.69 bits per heavy atom. The van der Waals surface area contributed by atoms with Crippen LogP contribution in [0, 0.1) is 6.92 Å². The highest BCUT2D eigenvalue weighted by atomic mass is 16.1. The Kier molecular flexibility index (Phi) is 7.38. The number of carbonyl (C=O) groups is 1. The highest BCUT2D eigenvalue weighted by molar-refractivity contribution is 5.90. The number of hydrogen-bond donors (Lipinski definition) is 2. The standard InChI is InChI=1S/C20H29N5O/c1-5-8-9-20(26)24-17-12-10-16(11-13-17)23-18-14-19(22-15(4)21-18)25(6-2)7-3/h10-14H,5-9H2,1-4H3,(H,24,26)(H,21,22,23). The van der Waals surface area contributed by atoms with Crippen LogP contribution in [0.4, 0.5) is 23.0 Å². The summed E-state index contributed by atoms with van der Waals surface area (Å²) in [4.78, 5) is 23.0. The number of anilines is 4. The van der Waals surface area contributed by atoms with Gasteiger partial charge in [0.05, 0.1) is 0 Å². The van der Waals surface area contributed by atoms with Gasteiger partial charge in [0, 0.05) is 37.0 Å². The molecular weight excluding hydrogens is 326 g/mol. The van der Waals surface area contributed by atoms with Crippen molar-refractivity contribution < 1.29 is 4.79 Å². The summed E-state index contributed by atoms with van der Waals surface area (Å²) >= 11 is 0. The molecular formula is C20H29N5O. The van der Waals surface area contributed by atoms with Gasteiger partial charge in [-0.1, -0.05) is 13.3 Å². The van der Waals surface area contributed by atoms with E-state index in [-0.39, 0.29) is 5.91 Å². The third kappa shape index (κ3) is 5.72. The Balaban J connectivity index is 2.05. The van der Waals surface area contributed by atoms with Crippen molar-refractivity contribution in [2.24, 2.45) is 0 Å². The number of rotatable bonds is 9. The summed E-state index contributed by atoms with van der Waals surface area (Å²) in [5.41, 5.74) is 1.72. The Morgan fingerprint density at radius 1 is 1.04 bits per heavy atom. The molecule has 2 rings (SSSR count). The summed E-state index contributed by atoms with van der Waals surface area (Å²) in [5, 5.41) is 6.23. The lowest BCUT2D eigenvalue weighted by Crippen LogP contribution is -2.23. The molecule has 0 radical (unpaired) electrons. The van der Waals surface area contributed by atoms with Crippen molar-refractivity contribution >= 4 is 28.9 Å². The maximum atomic E-state index is 11.8. The molecule has 0 aliphatic carbocycles. The van der Waals surface area contributed by atoms with E-state index in [9.17, 15) is 4.79 Å². The fourth-order valence-corrected chi connectivity index (χ4v) is 2.67. The van der Waals surface area contributed by atoms with Crippen LogP contribution in [0.3, 0.4) is 0 Å². The van der Waals surface area contributed by atoms with Crippen LogP contribution < -0.4 is 15.5 Å². The zero-order valence-electron chi connectivity index (χ0n) is 16.2. The van der Waals surface area contributed by atoms with Crippen molar-refractivity contribution in [1.82, 2.24) is 9.97 Å².